The zero-order valence-corrected chi connectivity index (χ0v) is 19.6. The lowest BCUT2D eigenvalue weighted by atomic mass is 9.71. The van der Waals surface area contributed by atoms with Crippen LogP contribution < -0.4 is 5.32 Å². The predicted molar refractivity (Wildman–Crippen MR) is 116 cm³/mol. The molecule has 0 aromatic heterocycles. The Morgan fingerprint density at radius 2 is 1.97 bits per heavy atom. The summed E-state index contributed by atoms with van der Waals surface area (Å²) >= 11 is 0. The van der Waals surface area contributed by atoms with Crippen LogP contribution in [0.1, 0.15) is 57.6 Å². The fourth-order valence-corrected chi connectivity index (χ4v) is 5.42. The number of rotatable bonds is 6. The van der Waals surface area contributed by atoms with Crippen LogP contribution in [0.4, 0.5) is 17.6 Å². The minimum absolute atomic E-state index is 0.0178. The number of aliphatic hydroxyl groups is 1. The molecule has 1 saturated carbocycles. The van der Waals surface area contributed by atoms with Crippen LogP contribution in [0, 0.1) is 17.2 Å². The van der Waals surface area contributed by atoms with E-state index >= 15 is 0 Å². The molecule has 0 spiro atoms. The average Bonchev–Trinajstić information content (AvgIpc) is 3.18. The number of benzene rings is 1. The van der Waals surface area contributed by atoms with Crippen molar-refractivity contribution in [3.05, 3.63) is 35.1 Å². The first-order chi connectivity index (χ1) is 15.2. The van der Waals surface area contributed by atoms with E-state index in [2.05, 4.69) is 17.1 Å². The van der Waals surface area contributed by atoms with Crippen molar-refractivity contribution >= 4 is 5.91 Å². The Hall–Kier alpha value is -1.71. The standard InChI is InChI=1S/C24H34F4N2O3/c1-15-14-33-8-6-20(15)30(4)19-5-7-23(12-19,22(2,3)32)21(31)29-13-16-9-17(24(26,27)28)11-18(25)10-16/h9-11,15,19-20,32H,5-8,12-14H2,1-4H3,(H,29,31)/t15?,19?,20?,23-/m1/s1. The second kappa shape index (κ2) is 9.50. The summed E-state index contributed by atoms with van der Waals surface area (Å²) in [5, 5.41) is 13.7. The van der Waals surface area contributed by atoms with Gasteiger partial charge >= 0.3 is 6.18 Å². The van der Waals surface area contributed by atoms with E-state index in [1.165, 1.54) is 0 Å². The van der Waals surface area contributed by atoms with Crippen LogP contribution >= 0.6 is 0 Å². The van der Waals surface area contributed by atoms with Crippen LogP contribution in [0.3, 0.4) is 0 Å². The van der Waals surface area contributed by atoms with E-state index in [-0.39, 0.29) is 18.2 Å². The van der Waals surface area contributed by atoms with E-state index in [4.69, 9.17) is 4.74 Å². The SMILES string of the molecule is CC1COCCC1N(C)C1CC[C@@](C(=O)NCc2cc(F)cc(C(F)(F)F)c2)(C(C)(C)O)C1. The minimum atomic E-state index is -4.68. The number of carbonyl (C=O) groups excluding carboxylic acids is 1. The molecule has 186 valence electrons. The van der Waals surface area contributed by atoms with Gasteiger partial charge in [-0.1, -0.05) is 6.92 Å². The van der Waals surface area contributed by atoms with Crippen LogP contribution in [0.25, 0.3) is 0 Å². The molecular formula is C24H34F4N2O3. The first kappa shape index (κ1) is 25.9. The highest BCUT2D eigenvalue weighted by Gasteiger charge is 2.55. The van der Waals surface area contributed by atoms with E-state index in [9.17, 15) is 27.5 Å². The largest absolute Gasteiger partial charge is 0.416 e. The molecule has 1 aromatic carbocycles. The second-order valence-corrected chi connectivity index (χ2v) is 10.1. The number of halogens is 4. The summed E-state index contributed by atoms with van der Waals surface area (Å²) in [6.07, 6.45) is -2.18. The fourth-order valence-electron chi connectivity index (χ4n) is 5.42. The van der Waals surface area contributed by atoms with Gasteiger partial charge in [0.2, 0.25) is 5.91 Å². The predicted octanol–water partition coefficient (Wildman–Crippen LogP) is 4.13. The smallest absolute Gasteiger partial charge is 0.389 e. The van der Waals surface area contributed by atoms with Crippen molar-refractivity contribution < 1.29 is 32.2 Å². The number of nitrogens with zero attached hydrogens (tertiary/aromatic N) is 1. The van der Waals surface area contributed by atoms with Gasteiger partial charge in [-0.2, -0.15) is 13.2 Å². The Morgan fingerprint density at radius 3 is 2.58 bits per heavy atom. The third-order valence-electron chi connectivity index (χ3n) is 7.53. The molecular weight excluding hydrogens is 440 g/mol. The Balaban J connectivity index is 1.74. The molecule has 1 aliphatic carbocycles. The highest BCUT2D eigenvalue weighted by Crippen LogP contribution is 2.49. The maximum atomic E-state index is 13.7. The molecule has 0 bridgehead atoms. The molecule has 5 nitrogen and oxygen atoms in total. The van der Waals surface area contributed by atoms with Crippen LogP contribution in [0.2, 0.25) is 0 Å². The summed E-state index contributed by atoms with van der Waals surface area (Å²) < 4.78 is 58.3. The first-order valence-electron chi connectivity index (χ1n) is 11.4. The summed E-state index contributed by atoms with van der Waals surface area (Å²) in [6, 6.07) is 2.64. The van der Waals surface area contributed by atoms with Gasteiger partial charge in [-0.25, -0.2) is 4.39 Å². The van der Waals surface area contributed by atoms with Gasteiger partial charge in [0, 0.05) is 25.2 Å². The molecule has 0 radical (unpaired) electrons. The Morgan fingerprint density at radius 1 is 1.27 bits per heavy atom. The van der Waals surface area contributed by atoms with E-state index in [1.54, 1.807) is 13.8 Å². The summed E-state index contributed by atoms with van der Waals surface area (Å²) in [7, 11) is 2.04. The number of hydrogen-bond donors (Lipinski definition) is 2. The maximum absolute atomic E-state index is 13.7. The van der Waals surface area contributed by atoms with Gasteiger partial charge in [0.25, 0.3) is 0 Å². The van der Waals surface area contributed by atoms with Gasteiger partial charge in [-0.15, -0.1) is 0 Å². The average molecular weight is 475 g/mol. The normalized spacial score (nSPS) is 28.8. The Kier molecular flexibility index (Phi) is 7.46. The van der Waals surface area contributed by atoms with Gasteiger partial charge < -0.3 is 15.2 Å². The third-order valence-corrected chi connectivity index (χ3v) is 7.53. The quantitative estimate of drug-likeness (QED) is 0.609. The monoisotopic (exact) mass is 474 g/mol. The van der Waals surface area contributed by atoms with Crippen molar-refractivity contribution in [2.24, 2.45) is 11.3 Å². The Labute approximate surface area is 192 Å². The summed E-state index contributed by atoms with van der Waals surface area (Å²) in [6.45, 7) is 6.45. The molecule has 1 aromatic rings. The highest BCUT2D eigenvalue weighted by atomic mass is 19.4. The van der Waals surface area contributed by atoms with Gasteiger partial charge in [-0.05, 0) is 76.3 Å². The molecule has 2 aliphatic rings. The maximum Gasteiger partial charge on any atom is 0.416 e. The molecule has 4 atom stereocenters. The number of alkyl halides is 3. The van der Waals surface area contributed by atoms with Crippen molar-refractivity contribution in [3.8, 4) is 0 Å². The molecule has 1 heterocycles. The zero-order chi connectivity index (χ0) is 24.6. The number of hydrogen-bond acceptors (Lipinski definition) is 4. The van der Waals surface area contributed by atoms with Crippen molar-refractivity contribution in [3.63, 3.8) is 0 Å². The van der Waals surface area contributed by atoms with Crippen molar-refractivity contribution in [2.45, 2.75) is 76.9 Å². The van der Waals surface area contributed by atoms with Crippen molar-refractivity contribution in [2.75, 3.05) is 20.3 Å². The van der Waals surface area contributed by atoms with Crippen LogP contribution in [-0.2, 0) is 22.3 Å². The third kappa shape index (κ3) is 5.52. The minimum Gasteiger partial charge on any atom is -0.389 e. The van der Waals surface area contributed by atoms with Crippen molar-refractivity contribution in [1.82, 2.24) is 10.2 Å². The lowest BCUT2D eigenvalue weighted by Gasteiger charge is -2.42. The van der Waals surface area contributed by atoms with Crippen molar-refractivity contribution in [1.29, 1.82) is 0 Å². The lowest BCUT2D eigenvalue weighted by molar-refractivity contribution is -0.147. The Bertz CT molecular complexity index is 855. The molecule has 9 heteroatoms. The summed E-state index contributed by atoms with van der Waals surface area (Å²) in [4.78, 5) is 15.6. The number of ether oxygens (including phenoxy) is 1. The van der Waals surface area contributed by atoms with Gasteiger partial charge in [0.1, 0.15) is 5.82 Å². The molecule has 1 aliphatic heterocycles. The van der Waals surface area contributed by atoms with Crippen LogP contribution in [-0.4, -0.2) is 53.9 Å². The van der Waals surface area contributed by atoms with E-state index < -0.39 is 34.5 Å². The van der Waals surface area contributed by atoms with Crippen LogP contribution in [0.15, 0.2) is 18.2 Å². The number of nitrogens with one attached hydrogen (secondary N) is 1. The summed E-state index contributed by atoms with van der Waals surface area (Å²) in [5.41, 5.74) is -3.52. The lowest BCUT2D eigenvalue weighted by Crippen LogP contribution is -2.54. The molecule has 33 heavy (non-hydrogen) atoms. The number of amides is 1. The molecule has 3 rings (SSSR count). The van der Waals surface area contributed by atoms with E-state index in [0.717, 1.165) is 25.0 Å². The molecule has 1 amide bonds. The fraction of sp³-hybridized carbons (Fsp3) is 0.708. The molecule has 2 fully saturated rings. The van der Waals surface area contributed by atoms with E-state index in [1.807, 2.05) is 7.05 Å². The molecule has 1 saturated heterocycles. The number of carbonyl (C=O) groups is 1. The van der Waals surface area contributed by atoms with Crippen LogP contribution in [0.5, 0.6) is 0 Å². The highest BCUT2D eigenvalue weighted by molar-refractivity contribution is 5.84. The second-order valence-electron chi connectivity index (χ2n) is 10.1. The van der Waals surface area contributed by atoms with E-state index in [0.29, 0.717) is 44.1 Å². The van der Waals surface area contributed by atoms with Gasteiger partial charge in [0.15, 0.2) is 0 Å². The zero-order valence-electron chi connectivity index (χ0n) is 19.6. The first-order valence-corrected chi connectivity index (χ1v) is 11.4. The van der Waals surface area contributed by atoms with Gasteiger partial charge in [0.05, 0.1) is 23.2 Å². The topological polar surface area (TPSA) is 61.8 Å². The molecule has 3 unspecified atom stereocenters. The van der Waals surface area contributed by atoms with Gasteiger partial charge in [-0.3, -0.25) is 9.69 Å². The summed E-state index contributed by atoms with van der Waals surface area (Å²) in [5.74, 6) is -1.09. The molecule has 2 N–H and O–H groups in total.